The number of carboxylic acid groups (broad SMARTS) is 1. The molecule has 114 valence electrons. The van der Waals surface area contributed by atoms with Gasteiger partial charge in [-0.05, 0) is 36.5 Å². The Bertz CT molecular complexity index is 549. The Morgan fingerprint density at radius 2 is 1.90 bits per heavy atom. The molecule has 1 aromatic rings. The molecule has 1 heterocycles. The summed E-state index contributed by atoms with van der Waals surface area (Å²) in [5.74, 6) is -1.69. The van der Waals surface area contributed by atoms with Crippen LogP contribution in [0.3, 0.4) is 0 Å². The third-order valence-corrected chi connectivity index (χ3v) is 3.73. The highest BCUT2D eigenvalue weighted by molar-refractivity contribution is 5.89. The predicted octanol–water partition coefficient (Wildman–Crippen LogP) is 2.74. The van der Waals surface area contributed by atoms with Crippen molar-refractivity contribution in [2.45, 2.75) is 24.9 Å². The van der Waals surface area contributed by atoms with Gasteiger partial charge in [0.2, 0.25) is 6.41 Å². The maximum Gasteiger partial charge on any atom is 0.417 e. The topological polar surface area (TPSA) is 57.6 Å². The van der Waals surface area contributed by atoms with E-state index in [0.29, 0.717) is 31.5 Å². The van der Waals surface area contributed by atoms with E-state index in [-0.39, 0.29) is 5.92 Å². The minimum atomic E-state index is -4.70. The molecule has 1 fully saturated rings. The zero-order valence-corrected chi connectivity index (χ0v) is 11.1. The molecule has 1 aromatic carbocycles. The minimum Gasteiger partial charge on any atom is -0.478 e. The number of halogens is 3. The first-order chi connectivity index (χ1) is 9.82. The summed E-state index contributed by atoms with van der Waals surface area (Å²) in [7, 11) is 0. The summed E-state index contributed by atoms with van der Waals surface area (Å²) >= 11 is 0. The van der Waals surface area contributed by atoms with Gasteiger partial charge in [0.15, 0.2) is 0 Å². The van der Waals surface area contributed by atoms with Crippen LogP contribution in [-0.4, -0.2) is 35.5 Å². The second-order valence-electron chi connectivity index (χ2n) is 5.02. The van der Waals surface area contributed by atoms with Crippen molar-refractivity contribution >= 4 is 12.4 Å². The Kier molecular flexibility index (Phi) is 4.20. The largest absolute Gasteiger partial charge is 0.478 e. The van der Waals surface area contributed by atoms with Gasteiger partial charge in [-0.15, -0.1) is 0 Å². The molecular formula is C14H14F3NO3. The summed E-state index contributed by atoms with van der Waals surface area (Å²) in [6, 6.07) is 3.36. The third kappa shape index (κ3) is 3.34. The van der Waals surface area contributed by atoms with Crippen molar-refractivity contribution in [1.29, 1.82) is 0 Å². The van der Waals surface area contributed by atoms with Crippen molar-refractivity contribution in [2.75, 3.05) is 13.1 Å². The standard InChI is InChI=1S/C14H14F3NO3/c15-14(16,17)12-7-10(1-2-11(12)13(20)21)9-3-5-18(8-19)6-4-9/h1-2,7-9H,3-6H2,(H,20,21). The Morgan fingerprint density at radius 1 is 1.29 bits per heavy atom. The van der Waals surface area contributed by atoms with E-state index in [0.717, 1.165) is 18.5 Å². The van der Waals surface area contributed by atoms with Crippen molar-refractivity contribution in [2.24, 2.45) is 0 Å². The SMILES string of the molecule is O=CN1CCC(c2ccc(C(=O)O)c(C(F)(F)F)c2)CC1. The quantitative estimate of drug-likeness (QED) is 0.873. The molecule has 1 aliphatic rings. The summed E-state index contributed by atoms with van der Waals surface area (Å²) in [4.78, 5) is 23.1. The highest BCUT2D eigenvalue weighted by Crippen LogP contribution is 2.36. The summed E-state index contributed by atoms with van der Waals surface area (Å²) < 4.78 is 38.9. The Balaban J connectivity index is 2.30. The van der Waals surface area contributed by atoms with Gasteiger partial charge in [-0.25, -0.2) is 4.79 Å². The Hall–Kier alpha value is -2.05. The van der Waals surface area contributed by atoms with E-state index in [1.165, 1.54) is 6.07 Å². The normalized spacial score (nSPS) is 16.8. The number of nitrogens with zero attached hydrogens (tertiary/aromatic N) is 1. The number of amides is 1. The van der Waals surface area contributed by atoms with Crippen LogP contribution >= 0.6 is 0 Å². The number of alkyl halides is 3. The molecule has 0 bridgehead atoms. The molecule has 7 heteroatoms. The molecule has 4 nitrogen and oxygen atoms in total. The number of carboxylic acids is 1. The van der Waals surface area contributed by atoms with Gasteiger partial charge in [0.25, 0.3) is 0 Å². The van der Waals surface area contributed by atoms with Crippen LogP contribution in [0.4, 0.5) is 13.2 Å². The summed E-state index contributed by atoms with van der Waals surface area (Å²) in [6.07, 6.45) is -2.83. The molecule has 0 aromatic heterocycles. The first-order valence-corrected chi connectivity index (χ1v) is 6.46. The lowest BCUT2D eigenvalue weighted by atomic mass is 9.87. The lowest BCUT2D eigenvalue weighted by molar-refractivity contribution is -0.138. The zero-order valence-electron chi connectivity index (χ0n) is 11.1. The maximum atomic E-state index is 13.0. The molecule has 1 amide bonds. The first-order valence-electron chi connectivity index (χ1n) is 6.46. The molecule has 1 saturated heterocycles. The van der Waals surface area contributed by atoms with Crippen molar-refractivity contribution in [3.05, 3.63) is 34.9 Å². The fourth-order valence-corrected chi connectivity index (χ4v) is 2.58. The van der Waals surface area contributed by atoms with E-state index in [1.54, 1.807) is 4.90 Å². The van der Waals surface area contributed by atoms with Crippen molar-refractivity contribution in [3.8, 4) is 0 Å². The molecule has 0 aliphatic carbocycles. The second kappa shape index (κ2) is 5.75. The Morgan fingerprint density at radius 3 is 2.38 bits per heavy atom. The summed E-state index contributed by atoms with van der Waals surface area (Å²) in [6.45, 7) is 0.992. The lowest BCUT2D eigenvalue weighted by Gasteiger charge is -2.29. The van der Waals surface area contributed by atoms with Crippen LogP contribution in [0.15, 0.2) is 18.2 Å². The number of carbonyl (C=O) groups excluding carboxylic acids is 1. The molecule has 0 spiro atoms. The van der Waals surface area contributed by atoms with Crippen molar-refractivity contribution < 1.29 is 27.9 Å². The van der Waals surface area contributed by atoms with Gasteiger partial charge in [-0.1, -0.05) is 6.07 Å². The molecule has 0 unspecified atom stereocenters. The smallest absolute Gasteiger partial charge is 0.417 e. The highest BCUT2D eigenvalue weighted by Gasteiger charge is 2.36. The number of piperidine rings is 1. The molecule has 0 atom stereocenters. The van der Waals surface area contributed by atoms with Gasteiger partial charge < -0.3 is 10.0 Å². The van der Waals surface area contributed by atoms with Gasteiger partial charge in [0.1, 0.15) is 0 Å². The fraction of sp³-hybridized carbons (Fsp3) is 0.429. The van der Waals surface area contributed by atoms with Crippen LogP contribution in [0.2, 0.25) is 0 Å². The first kappa shape index (κ1) is 15.3. The molecule has 21 heavy (non-hydrogen) atoms. The van der Waals surface area contributed by atoms with Crippen LogP contribution < -0.4 is 0 Å². The van der Waals surface area contributed by atoms with E-state index in [9.17, 15) is 22.8 Å². The van der Waals surface area contributed by atoms with Gasteiger partial charge in [-0.3, -0.25) is 4.79 Å². The van der Waals surface area contributed by atoms with Crippen LogP contribution in [0.25, 0.3) is 0 Å². The molecular weight excluding hydrogens is 287 g/mol. The van der Waals surface area contributed by atoms with Crippen molar-refractivity contribution in [3.63, 3.8) is 0 Å². The summed E-state index contributed by atoms with van der Waals surface area (Å²) in [5, 5.41) is 8.85. The number of hydrogen-bond donors (Lipinski definition) is 1. The van der Waals surface area contributed by atoms with E-state index in [4.69, 9.17) is 5.11 Å². The Labute approximate surface area is 119 Å². The minimum absolute atomic E-state index is 0.0925. The van der Waals surface area contributed by atoms with E-state index >= 15 is 0 Å². The fourth-order valence-electron chi connectivity index (χ4n) is 2.58. The number of likely N-dealkylation sites (tertiary alicyclic amines) is 1. The monoisotopic (exact) mass is 301 g/mol. The number of benzene rings is 1. The molecule has 0 saturated carbocycles. The lowest BCUT2D eigenvalue weighted by Crippen LogP contribution is -2.31. The van der Waals surface area contributed by atoms with Gasteiger partial charge >= 0.3 is 12.1 Å². The average molecular weight is 301 g/mol. The van der Waals surface area contributed by atoms with Crippen LogP contribution in [0.1, 0.15) is 40.2 Å². The van der Waals surface area contributed by atoms with Gasteiger partial charge in [-0.2, -0.15) is 13.2 Å². The van der Waals surface area contributed by atoms with Crippen LogP contribution in [-0.2, 0) is 11.0 Å². The van der Waals surface area contributed by atoms with Gasteiger partial charge in [0, 0.05) is 13.1 Å². The second-order valence-corrected chi connectivity index (χ2v) is 5.02. The number of rotatable bonds is 3. The molecule has 1 N–H and O–H groups in total. The number of hydrogen-bond acceptors (Lipinski definition) is 2. The molecule has 1 aliphatic heterocycles. The van der Waals surface area contributed by atoms with E-state index in [1.807, 2.05) is 0 Å². The zero-order chi connectivity index (χ0) is 15.6. The summed E-state index contributed by atoms with van der Waals surface area (Å²) in [5.41, 5.74) is -1.39. The highest BCUT2D eigenvalue weighted by atomic mass is 19.4. The van der Waals surface area contributed by atoms with E-state index in [2.05, 4.69) is 0 Å². The molecule has 2 rings (SSSR count). The van der Waals surface area contributed by atoms with E-state index < -0.39 is 23.3 Å². The predicted molar refractivity (Wildman–Crippen MR) is 68.0 cm³/mol. The molecule has 0 radical (unpaired) electrons. The maximum absolute atomic E-state index is 13.0. The third-order valence-electron chi connectivity index (χ3n) is 3.73. The number of carbonyl (C=O) groups is 2. The number of aromatic carboxylic acids is 1. The van der Waals surface area contributed by atoms with Crippen molar-refractivity contribution in [1.82, 2.24) is 4.90 Å². The van der Waals surface area contributed by atoms with Crippen LogP contribution in [0, 0.1) is 0 Å². The van der Waals surface area contributed by atoms with Crippen LogP contribution in [0.5, 0.6) is 0 Å². The van der Waals surface area contributed by atoms with Gasteiger partial charge in [0.05, 0.1) is 11.1 Å². The average Bonchev–Trinajstić information content (AvgIpc) is 2.45.